The molecule has 4 nitrogen and oxygen atoms in total. The molecule has 1 aliphatic rings. The van der Waals surface area contributed by atoms with Gasteiger partial charge in [0.1, 0.15) is 0 Å². The molecule has 1 saturated carbocycles. The van der Waals surface area contributed by atoms with Crippen LogP contribution in [0.15, 0.2) is 30.3 Å². The normalized spacial score (nSPS) is 22.2. The van der Waals surface area contributed by atoms with E-state index in [0.29, 0.717) is 18.4 Å². The van der Waals surface area contributed by atoms with Crippen molar-refractivity contribution < 1.29 is 4.79 Å². The van der Waals surface area contributed by atoms with Crippen LogP contribution in [0.2, 0.25) is 0 Å². The first kappa shape index (κ1) is 13.9. The number of carbonyl (C=O) groups is 1. The van der Waals surface area contributed by atoms with Gasteiger partial charge < -0.3 is 16.4 Å². The van der Waals surface area contributed by atoms with E-state index < -0.39 is 0 Å². The number of benzene rings is 1. The van der Waals surface area contributed by atoms with E-state index in [0.717, 1.165) is 18.7 Å². The van der Waals surface area contributed by atoms with Crippen LogP contribution in [0.1, 0.15) is 24.8 Å². The second kappa shape index (κ2) is 7.14. The van der Waals surface area contributed by atoms with Crippen molar-refractivity contribution in [2.45, 2.75) is 25.8 Å². The van der Waals surface area contributed by atoms with Crippen LogP contribution >= 0.6 is 0 Å². The molecule has 0 spiro atoms. The molecule has 19 heavy (non-hydrogen) atoms. The molecule has 1 aliphatic carbocycles. The Hall–Kier alpha value is -1.55. The lowest BCUT2D eigenvalue weighted by atomic mass is 9.96. The Morgan fingerprint density at radius 2 is 1.89 bits per heavy atom. The van der Waals surface area contributed by atoms with Gasteiger partial charge in [0, 0.05) is 13.1 Å². The molecule has 2 amide bonds. The topological polar surface area (TPSA) is 67.1 Å². The minimum absolute atomic E-state index is 0.0912. The van der Waals surface area contributed by atoms with Gasteiger partial charge in [0.15, 0.2) is 0 Å². The number of nitrogens with two attached hydrogens (primary N) is 1. The van der Waals surface area contributed by atoms with Crippen molar-refractivity contribution in [3.05, 3.63) is 35.9 Å². The van der Waals surface area contributed by atoms with E-state index in [2.05, 4.69) is 10.6 Å². The number of hydrogen-bond acceptors (Lipinski definition) is 2. The van der Waals surface area contributed by atoms with Crippen LogP contribution in [0.5, 0.6) is 0 Å². The molecule has 1 aromatic carbocycles. The third kappa shape index (κ3) is 4.24. The fourth-order valence-corrected chi connectivity index (χ4v) is 2.76. The standard InChI is InChI=1S/C15H23N3O/c16-9-13-7-4-8-14(13)11-18-15(19)17-10-12-5-2-1-3-6-12/h1-3,5-6,13-14H,4,7-11,16H2,(H2,17,18,19). The Labute approximate surface area is 114 Å². The van der Waals surface area contributed by atoms with E-state index in [4.69, 9.17) is 5.73 Å². The lowest BCUT2D eigenvalue weighted by Crippen LogP contribution is -2.39. The van der Waals surface area contributed by atoms with Crippen LogP contribution < -0.4 is 16.4 Å². The maximum atomic E-state index is 11.7. The molecule has 2 rings (SSSR count). The van der Waals surface area contributed by atoms with Crippen molar-refractivity contribution in [3.8, 4) is 0 Å². The predicted octanol–water partition coefficient (Wildman–Crippen LogP) is 1.86. The van der Waals surface area contributed by atoms with Gasteiger partial charge in [0.2, 0.25) is 0 Å². The summed E-state index contributed by atoms with van der Waals surface area (Å²) >= 11 is 0. The van der Waals surface area contributed by atoms with Crippen LogP contribution in [0.3, 0.4) is 0 Å². The maximum Gasteiger partial charge on any atom is 0.315 e. The van der Waals surface area contributed by atoms with Crippen molar-refractivity contribution >= 4 is 6.03 Å². The minimum atomic E-state index is -0.0912. The highest BCUT2D eigenvalue weighted by molar-refractivity contribution is 5.73. The maximum absolute atomic E-state index is 11.7. The third-order valence-corrected chi connectivity index (χ3v) is 3.94. The van der Waals surface area contributed by atoms with Gasteiger partial charge in [-0.2, -0.15) is 0 Å². The van der Waals surface area contributed by atoms with E-state index in [1.807, 2.05) is 30.3 Å². The monoisotopic (exact) mass is 261 g/mol. The summed E-state index contributed by atoms with van der Waals surface area (Å²) in [5, 5.41) is 5.83. The third-order valence-electron chi connectivity index (χ3n) is 3.94. The zero-order chi connectivity index (χ0) is 13.5. The molecule has 0 aliphatic heterocycles. The molecule has 1 aromatic rings. The summed E-state index contributed by atoms with van der Waals surface area (Å²) in [6.07, 6.45) is 3.62. The molecule has 0 aromatic heterocycles. The molecule has 0 radical (unpaired) electrons. The number of hydrogen-bond donors (Lipinski definition) is 3. The van der Waals surface area contributed by atoms with Crippen LogP contribution in [-0.2, 0) is 6.54 Å². The van der Waals surface area contributed by atoms with Crippen LogP contribution in [-0.4, -0.2) is 19.1 Å². The Kier molecular flexibility index (Phi) is 5.21. The lowest BCUT2D eigenvalue weighted by molar-refractivity contribution is 0.236. The Bertz CT molecular complexity index is 394. The fraction of sp³-hybridized carbons (Fsp3) is 0.533. The molecule has 4 heteroatoms. The van der Waals surface area contributed by atoms with Crippen LogP contribution in [0.4, 0.5) is 4.79 Å². The van der Waals surface area contributed by atoms with Gasteiger partial charge in [-0.1, -0.05) is 36.8 Å². The van der Waals surface area contributed by atoms with E-state index >= 15 is 0 Å². The zero-order valence-electron chi connectivity index (χ0n) is 11.3. The van der Waals surface area contributed by atoms with Crippen molar-refractivity contribution in [3.63, 3.8) is 0 Å². The number of rotatable bonds is 5. The van der Waals surface area contributed by atoms with Crippen molar-refractivity contribution in [2.75, 3.05) is 13.1 Å². The minimum Gasteiger partial charge on any atom is -0.338 e. The predicted molar refractivity (Wildman–Crippen MR) is 76.6 cm³/mol. The Morgan fingerprint density at radius 1 is 1.16 bits per heavy atom. The van der Waals surface area contributed by atoms with Gasteiger partial charge >= 0.3 is 6.03 Å². The number of urea groups is 1. The van der Waals surface area contributed by atoms with Gasteiger partial charge in [-0.3, -0.25) is 0 Å². The summed E-state index contributed by atoms with van der Waals surface area (Å²) < 4.78 is 0. The average Bonchev–Trinajstić information content (AvgIpc) is 2.91. The SMILES string of the molecule is NCC1CCCC1CNC(=O)NCc1ccccc1. The second-order valence-electron chi connectivity index (χ2n) is 5.24. The Balaban J connectivity index is 1.67. The summed E-state index contributed by atoms with van der Waals surface area (Å²) in [7, 11) is 0. The molecule has 2 atom stereocenters. The van der Waals surface area contributed by atoms with E-state index in [-0.39, 0.29) is 6.03 Å². The van der Waals surface area contributed by atoms with Crippen molar-refractivity contribution in [2.24, 2.45) is 17.6 Å². The molecule has 4 N–H and O–H groups in total. The largest absolute Gasteiger partial charge is 0.338 e. The molecule has 104 valence electrons. The zero-order valence-corrected chi connectivity index (χ0v) is 11.3. The molecule has 0 heterocycles. The van der Waals surface area contributed by atoms with Gasteiger partial charge in [-0.05, 0) is 36.8 Å². The summed E-state index contributed by atoms with van der Waals surface area (Å²) in [5.41, 5.74) is 6.85. The molecule has 0 bridgehead atoms. The highest BCUT2D eigenvalue weighted by Gasteiger charge is 2.25. The number of nitrogens with one attached hydrogen (secondary N) is 2. The Morgan fingerprint density at radius 3 is 2.63 bits per heavy atom. The van der Waals surface area contributed by atoms with E-state index in [1.54, 1.807) is 0 Å². The summed E-state index contributed by atoms with van der Waals surface area (Å²) in [6, 6.07) is 9.82. The van der Waals surface area contributed by atoms with Crippen molar-refractivity contribution in [1.29, 1.82) is 0 Å². The van der Waals surface area contributed by atoms with Gasteiger partial charge in [0.25, 0.3) is 0 Å². The first-order valence-electron chi connectivity index (χ1n) is 7.05. The van der Waals surface area contributed by atoms with Crippen molar-refractivity contribution in [1.82, 2.24) is 10.6 Å². The number of amides is 2. The smallest absolute Gasteiger partial charge is 0.315 e. The highest BCUT2D eigenvalue weighted by atomic mass is 16.2. The summed E-state index contributed by atoms with van der Waals surface area (Å²) in [6.45, 7) is 2.04. The van der Waals surface area contributed by atoms with E-state index in [1.165, 1.54) is 19.3 Å². The van der Waals surface area contributed by atoms with Gasteiger partial charge in [0.05, 0.1) is 0 Å². The van der Waals surface area contributed by atoms with Gasteiger partial charge in [-0.25, -0.2) is 4.79 Å². The molecule has 1 fully saturated rings. The van der Waals surface area contributed by atoms with E-state index in [9.17, 15) is 4.79 Å². The molecule has 2 unspecified atom stereocenters. The van der Waals surface area contributed by atoms with Crippen LogP contribution in [0, 0.1) is 11.8 Å². The molecular weight excluding hydrogens is 238 g/mol. The fourth-order valence-electron chi connectivity index (χ4n) is 2.76. The average molecular weight is 261 g/mol. The molecular formula is C15H23N3O. The number of carbonyl (C=O) groups excluding carboxylic acids is 1. The lowest BCUT2D eigenvalue weighted by Gasteiger charge is -2.18. The van der Waals surface area contributed by atoms with Gasteiger partial charge in [-0.15, -0.1) is 0 Å². The summed E-state index contributed by atoms with van der Waals surface area (Å²) in [5.74, 6) is 1.13. The highest BCUT2D eigenvalue weighted by Crippen LogP contribution is 2.30. The quantitative estimate of drug-likeness (QED) is 0.757. The first-order valence-corrected chi connectivity index (χ1v) is 7.05. The summed E-state index contributed by atoms with van der Waals surface area (Å²) in [4.78, 5) is 11.7. The second-order valence-corrected chi connectivity index (χ2v) is 5.24. The van der Waals surface area contributed by atoms with Crippen LogP contribution in [0.25, 0.3) is 0 Å². The molecule has 0 saturated heterocycles. The first-order chi connectivity index (χ1) is 9.29.